The van der Waals surface area contributed by atoms with Crippen molar-refractivity contribution in [3.05, 3.63) is 34.8 Å². The smallest absolute Gasteiger partial charge is 0.260 e. The summed E-state index contributed by atoms with van der Waals surface area (Å²) in [5.41, 5.74) is 5.27. The summed E-state index contributed by atoms with van der Waals surface area (Å²) in [7, 11) is -2.47. The third-order valence-corrected chi connectivity index (χ3v) is 6.72. The van der Waals surface area contributed by atoms with Gasteiger partial charge in [-0.25, -0.2) is 13.4 Å². The zero-order chi connectivity index (χ0) is 20.2. The molecule has 3 N–H and O–H groups in total. The van der Waals surface area contributed by atoms with Crippen LogP contribution in [0.1, 0.15) is 33.9 Å². The van der Waals surface area contributed by atoms with Gasteiger partial charge in [0.2, 0.25) is 10.0 Å². The molecular formula is C16H20N4O5S2. The van der Waals surface area contributed by atoms with Crippen molar-refractivity contribution in [3.8, 4) is 5.75 Å². The maximum Gasteiger partial charge on any atom is 0.260 e. The summed E-state index contributed by atoms with van der Waals surface area (Å²) >= 11 is 0.925. The fourth-order valence-corrected chi connectivity index (χ4v) is 4.64. The van der Waals surface area contributed by atoms with Gasteiger partial charge in [-0.2, -0.15) is 4.31 Å². The number of hydrogen-bond donors (Lipinski definition) is 2. The first-order valence-electron chi connectivity index (χ1n) is 7.99. The summed E-state index contributed by atoms with van der Waals surface area (Å²) < 4.78 is 32.1. The number of benzene rings is 1. The zero-order valence-electron chi connectivity index (χ0n) is 15.1. The topological polar surface area (TPSA) is 132 Å². The highest BCUT2D eigenvalue weighted by atomic mass is 32.2. The Kier molecular flexibility index (Phi) is 6.52. The SMILES string of the molecule is CCN(CC)S(=O)(=O)c1cc(C(=O)Nc2ncc(C(N)=O)s2)ccc1OC. The fourth-order valence-electron chi connectivity index (χ4n) is 2.34. The van der Waals surface area contributed by atoms with Crippen LogP contribution in [0.5, 0.6) is 5.75 Å². The van der Waals surface area contributed by atoms with Crippen LogP contribution in [0.25, 0.3) is 0 Å². The quantitative estimate of drug-likeness (QED) is 0.676. The van der Waals surface area contributed by atoms with Gasteiger partial charge in [0.15, 0.2) is 5.13 Å². The number of anilines is 1. The number of primary amides is 1. The fraction of sp³-hybridized carbons (Fsp3) is 0.312. The predicted molar refractivity (Wildman–Crippen MR) is 102 cm³/mol. The van der Waals surface area contributed by atoms with Crippen molar-refractivity contribution in [1.29, 1.82) is 0 Å². The van der Waals surface area contributed by atoms with E-state index in [9.17, 15) is 18.0 Å². The molecule has 2 amide bonds. The van der Waals surface area contributed by atoms with E-state index in [-0.39, 0.29) is 39.3 Å². The van der Waals surface area contributed by atoms with Crippen LogP contribution < -0.4 is 15.8 Å². The van der Waals surface area contributed by atoms with Gasteiger partial charge in [-0.05, 0) is 18.2 Å². The molecule has 0 saturated carbocycles. The van der Waals surface area contributed by atoms with Crippen molar-refractivity contribution in [2.45, 2.75) is 18.7 Å². The molecule has 0 aliphatic carbocycles. The lowest BCUT2D eigenvalue weighted by Crippen LogP contribution is -2.31. The molecule has 0 radical (unpaired) electrons. The highest BCUT2D eigenvalue weighted by molar-refractivity contribution is 7.89. The van der Waals surface area contributed by atoms with Crippen molar-refractivity contribution in [3.63, 3.8) is 0 Å². The Bertz CT molecular complexity index is 951. The van der Waals surface area contributed by atoms with E-state index in [1.807, 2.05) is 0 Å². The standard InChI is InChI=1S/C16H20N4O5S2/c1-4-20(5-2)27(23,24)13-8-10(6-7-11(13)25-3)15(22)19-16-18-9-12(26-16)14(17)21/h6-9H,4-5H2,1-3H3,(H2,17,21)(H,18,19,22). The second kappa shape index (κ2) is 8.46. The number of sulfonamides is 1. The molecule has 0 atom stereocenters. The van der Waals surface area contributed by atoms with E-state index >= 15 is 0 Å². The maximum atomic E-state index is 12.8. The molecule has 1 aromatic carbocycles. The Morgan fingerprint density at radius 2 is 1.96 bits per heavy atom. The molecule has 0 unspecified atom stereocenters. The van der Waals surface area contributed by atoms with Crippen LogP contribution in [0.4, 0.5) is 5.13 Å². The maximum absolute atomic E-state index is 12.8. The first-order chi connectivity index (χ1) is 12.7. The summed E-state index contributed by atoms with van der Waals surface area (Å²) in [6.45, 7) is 4.02. The molecule has 9 nitrogen and oxygen atoms in total. The van der Waals surface area contributed by atoms with E-state index in [4.69, 9.17) is 10.5 Å². The lowest BCUT2D eigenvalue weighted by molar-refractivity contribution is 0.100. The molecule has 2 rings (SSSR count). The van der Waals surface area contributed by atoms with Gasteiger partial charge in [0.25, 0.3) is 11.8 Å². The average molecular weight is 412 g/mol. The summed E-state index contributed by atoms with van der Waals surface area (Å²) in [5, 5.41) is 2.70. The molecule has 0 fully saturated rings. The van der Waals surface area contributed by atoms with Crippen LogP contribution in [-0.2, 0) is 10.0 Å². The summed E-state index contributed by atoms with van der Waals surface area (Å²) in [4.78, 5) is 27.6. The van der Waals surface area contributed by atoms with Gasteiger partial charge in [0.05, 0.1) is 13.3 Å². The zero-order valence-corrected chi connectivity index (χ0v) is 16.7. The second-order valence-corrected chi connectivity index (χ2v) is 8.24. The Balaban J connectivity index is 2.38. The molecule has 146 valence electrons. The Labute approximate surface area is 161 Å². The van der Waals surface area contributed by atoms with Gasteiger partial charge in [-0.15, -0.1) is 0 Å². The van der Waals surface area contributed by atoms with Gasteiger partial charge in [0, 0.05) is 18.7 Å². The molecule has 27 heavy (non-hydrogen) atoms. The first kappa shape index (κ1) is 20.8. The number of nitrogens with two attached hydrogens (primary N) is 1. The molecular weight excluding hydrogens is 392 g/mol. The minimum absolute atomic E-state index is 0.0988. The number of aromatic nitrogens is 1. The van der Waals surface area contributed by atoms with Gasteiger partial charge in [0.1, 0.15) is 15.5 Å². The monoisotopic (exact) mass is 412 g/mol. The van der Waals surface area contributed by atoms with E-state index in [0.717, 1.165) is 11.3 Å². The Morgan fingerprint density at radius 3 is 2.48 bits per heavy atom. The van der Waals surface area contributed by atoms with E-state index < -0.39 is 21.8 Å². The summed E-state index contributed by atoms with van der Waals surface area (Å²) in [6.07, 6.45) is 1.26. The highest BCUT2D eigenvalue weighted by Gasteiger charge is 2.27. The van der Waals surface area contributed by atoms with Crippen molar-refractivity contribution < 1.29 is 22.7 Å². The largest absolute Gasteiger partial charge is 0.495 e. The van der Waals surface area contributed by atoms with Gasteiger partial charge in [-0.3, -0.25) is 14.9 Å². The van der Waals surface area contributed by atoms with Crippen molar-refractivity contribution in [2.75, 3.05) is 25.5 Å². The molecule has 0 spiro atoms. The van der Waals surface area contributed by atoms with Gasteiger partial charge in [-0.1, -0.05) is 25.2 Å². The molecule has 1 aromatic heterocycles. The molecule has 2 aromatic rings. The van der Waals surface area contributed by atoms with Gasteiger partial charge >= 0.3 is 0 Å². The average Bonchev–Trinajstić information content (AvgIpc) is 3.10. The number of methoxy groups -OCH3 is 1. The van der Waals surface area contributed by atoms with Crippen molar-refractivity contribution in [2.24, 2.45) is 5.73 Å². The van der Waals surface area contributed by atoms with Crippen LogP contribution in [-0.4, -0.2) is 49.7 Å². The van der Waals surface area contributed by atoms with E-state index in [2.05, 4.69) is 10.3 Å². The van der Waals surface area contributed by atoms with Crippen molar-refractivity contribution >= 4 is 38.3 Å². The number of rotatable bonds is 8. The van der Waals surface area contributed by atoms with Crippen LogP contribution >= 0.6 is 11.3 Å². The highest BCUT2D eigenvalue weighted by Crippen LogP contribution is 2.28. The normalized spacial score (nSPS) is 11.4. The van der Waals surface area contributed by atoms with Crippen LogP contribution in [0, 0.1) is 0 Å². The summed E-state index contributed by atoms with van der Waals surface area (Å²) in [5.74, 6) is -1.08. The number of nitrogens with zero attached hydrogens (tertiary/aromatic N) is 2. The minimum atomic E-state index is -3.83. The molecule has 11 heteroatoms. The minimum Gasteiger partial charge on any atom is -0.495 e. The van der Waals surface area contributed by atoms with E-state index in [1.165, 1.54) is 35.8 Å². The molecule has 0 aliphatic rings. The Hall–Kier alpha value is -2.50. The number of ether oxygens (including phenoxy) is 1. The third kappa shape index (κ3) is 4.43. The van der Waals surface area contributed by atoms with Crippen LogP contribution in [0.15, 0.2) is 29.3 Å². The number of thiazole rings is 1. The van der Waals surface area contributed by atoms with Crippen molar-refractivity contribution in [1.82, 2.24) is 9.29 Å². The lowest BCUT2D eigenvalue weighted by Gasteiger charge is -2.20. The van der Waals surface area contributed by atoms with Gasteiger partial charge < -0.3 is 10.5 Å². The molecule has 1 heterocycles. The summed E-state index contributed by atoms with van der Waals surface area (Å²) in [6, 6.07) is 4.12. The first-order valence-corrected chi connectivity index (χ1v) is 10.2. The molecule has 0 saturated heterocycles. The number of carbonyl (C=O) groups is 2. The number of carbonyl (C=O) groups excluding carboxylic acids is 2. The van der Waals surface area contributed by atoms with Crippen LogP contribution in [0.2, 0.25) is 0 Å². The molecule has 0 aliphatic heterocycles. The number of amides is 2. The third-order valence-electron chi connectivity index (χ3n) is 3.72. The van der Waals surface area contributed by atoms with E-state index in [1.54, 1.807) is 13.8 Å². The lowest BCUT2D eigenvalue weighted by atomic mass is 10.2. The Morgan fingerprint density at radius 1 is 1.30 bits per heavy atom. The number of nitrogens with one attached hydrogen (secondary N) is 1. The second-order valence-electron chi connectivity index (χ2n) is 5.30. The molecule has 0 bridgehead atoms. The predicted octanol–water partition coefficient (Wildman–Crippen LogP) is 1.53. The number of hydrogen-bond acceptors (Lipinski definition) is 7. The van der Waals surface area contributed by atoms with E-state index in [0.29, 0.717) is 0 Å². The van der Waals surface area contributed by atoms with Crippen LogP contribution in [0.3, 0.4) is 0 Å².